The molecule has 0 unspecified atom stereocenters. The molecular formula is C13H18BrN. The average molecular weight is 268 g/mol. The van der Waals surface area contributed by atoms with Gasteiger partial charge < -0.3 is 5.73 Å². The number of hydrogen-bond donors (Lipinski definition) is 1. The van der Waals surface area contributed by atoms with E-state index in [1.54, 1.807) is 0 Å². The lowest BCUT2D eigenvalue weighted by molar-refractivity contribution is 0.389. The standard InChI is InChI=1S/C13H18BrN/c1-9-10(5-4-6-11(9)14)12(2,3)13(15)7-8-13/h4-6H,7-8,15H2,1-3H3. The van der Waals surface area contributed by atoms with Crippen molar-refractivity contribution in [1.29, 1.82) is 0 Å². The van der Waals surface area contributed by atoms with Crippen molar-refractivity contribution in [2.75, 3.05) is 0 Å². The van der Waals surface area contributed by atoms with E-state index in [0.717, 1.165) is 12.8 Å². The van der Waals surface area contributed by atoms with Crippen LogP contribution in [0.4, 0.5) is 0 Å². The molecule has 0 heterocycles. The van der Waals surface area contributed by atoms with Crippen LogP contribution >= 0.6 is 15.9 Å². The number of benzene rings is 1. The lowest BCUT2D eigenvalue weighted by Crippen LogP contribution is -2.43. The first-order chi connectivity index (χ1) is 6.88. The lowest BCUT2D eigenvalue weighted by atomic mass is 9.74. The third-order valence-corrected chi connectivity index (χ3v) is 4.83. The Labute approximate surface area is 100 Å². The highest BCUT2D eigenvalue weighted by molar-refractivity contribution is 9.10. The lowest BCUT2D eigenvalue weighted by Gasteiger charge is -2.34. The van der Waals surface area contributed by atoms with Crippen LogP contribution in [0, 0.1) is 6.92 Å². The molecule has 82 valence electrons. The molecule has 0 atom stereocenters. The quantitative estimate of drug-likeness (QED) is 0.872. The zero-order chi connectivity index (χ0) is 11.3. The molecule has 0 saturated heterocycles. The van der Waals surface area contributed by atoms with E-state index in [4.69, 9.17) is 5.73 Å². The van der Waals surface area contributed by atoms with E-state index in [0.29, 0.717) is 0 Å². The van der Waals surface area contributed by atoms with Crippen LogP contribution in [0.3, 0.4) is 0 Å². The summed E-state index contributed by atoms with van der Waals surface area (Å²) in [6.45, 7) is 6.68. The van der Waals surface area contributed by atoms with Crippen LogP contribution in [0.15, 0.2) is 22.7 Å². The summed E-state index contributed by atoms with van der Waals surface area (Å²) >= 11 is 3.58. The van der Waals surface area contributed by atoms with Gasteiger partial charge in [0.2, 0.25) is 0 Å². The second-order valence-corrected chi connectivity index (χ2v) is 6.05. The monoisotopic (exact) mass is 267 g/mol. The summed E-state index contributed by atoms with van der Waals surface area (Å²) in [5.41, 5.74) is 9.13. The van der Waals surface area contributed by atoms with Crippen molar-refractivity contribution in [2.24, 2.45) is 5.73 Å². The first kappa shape index (κ1) is 11.2. The van der Waals surface area contributed by atoms with Crippen LogP contribution in [-0.4, -0.2) is 5.54 Å². The van der Waals surface area contributed by atoms with Crippen molar-refractivity contribution in [3.8, 4) is 0 Å². The molecule has 2 heteroatoms. The van der Waals surface area contributed by atoms with Crippen LogP contribution in [0.1, 0.15) is 37.8 Å². The van der Waals surface area contributed by atoms with Gasteiger partial charge in [-0.15, -0.1) is 0 Å². The van der Waals surface area contributed by atoms with Crippen molar-refractivity contribution in [3.05, 3.63) is 33.8 Å². The molecular weight excluding hydrogens is 250 g/mol. The van der Waals surface area contributed by atoms with Crippen molar-refractivity contribution in [2.45, 2.75) is 44.6 Å². The highest BCUT2D eigenvalue weighted by Gasteiger charge is 2.52. The minimum atomic E-state index is 0.0125. The Morgan fingerprint density at radius 1 is 1.33 bits per heavy atom. The normalized spacial score (nSPS) is 19.0. The molecule has 0 bridgehead atoms. The molecule has 0 amide bonds. The minimum absolute atomic E-state index is 0.0125. The molecule has 2 N–H and O–H groups in total. The zero-order valence-corrected chi connectivity index (χ0v) is 11.2. The fourth-order valence-corrected chi connectivity index (χ4v) is 2.68. The van der Waals surface area contributed by atoms with E-state index in [-0.39, 0.29) is 11.0 Å². The van der Waals surface area contributed by atoms with Crippen LogP contribution in [0.25, 0.3) is 0 Å². The Bertz CT molecular complexity index is 392. The number of halogens is 1. The van der Waals surface area contributed by atoms with Gasteiger partial charge in [-0.25, -0.2) is 0 Å². The van der Waals surface area contributed by atoms with Crippen LogP contribution in [0.5, 0.6) is 0 Å². The molecule has 1 saturated carbocycles. The van der Waals surface area contributed by atoms with E-state index in [1.165, 1.54) is 15.6 Å². The Balaban J connectivity index is 2.49. The van der Waals surface area contributed by atoms with Crippen LogP contribution in [0.2, 0.25) is 0 Å². The van der Waals surface area contributed by atoms with Gasteiger partial charge in [0.15, 0.2) is 0 Å². The van der Waals surface area contributed by atoms with E-state index in [1.807, 2.05) is 0 Å². The van der Waals surface area contributed by atoms with Gasteiger partial charge in [0.25, 0.3) is 0 Å². The van der Waals surface area contributed by atoms with Gasteiger partial charge in [0, 0.05) is 15.4 Å². The summed E-state index contributed by atoms with van der Waals surface area (Å²) in [6, 6.07) is 6.39. The molecule has 1 aromatic rings. The van der Waals surface area contributed by atoms with Gasteiger partial charge in [0.05, 0.1) is 0 Å². The number of rotatable bonds is 2. The van der Waals surface area contributed by atoms with Gasteiger partial charge in [0.1, 0.15) is 0 Å². The van der Waals surface area contributed by atoms with E-state index in [9.17, 15) is 0 Å². The Morgan fingerprint density at radius 3 is 2.47 bits per heavy atom. The predicted octanol–water partition coefficient (Wildman–Crippen LogP) is 3.53. The van der Waals surface area contributed by atoms with E-state index in [2.05, 4.69) is 54.9 Å². The Morgan fingerprint density at radius 2 is 1.93 bits per heavy atom. The molecule has 1 aliphatic carbocycles. The fourth-order valence-electron chi connectivity index (χ4n) is 2.31. The van der Waals surface area contributed by atoms with E-state index < -0.39 is 0 Å². The van der Waals surface area contributed by atoms with Gasteiger partial charge >= 0.3 is 0 Å². The summed E-state index contributed by atoms with van der Waals surface area (Å²) in [5.74, 6) is 0. The average Bonchev–Trinajstić information content (AvgIpc) is 2.90. The third-order valence-electron chi connectivity index (χ3n) is 3.97. The molecule has 1 fully saturated rings. The summed E-state index contributed by atoms with van der Waals surface area (Å²) < 4.78 is 1.18. The molecule has 2 rings (SSSR count). The molecule has 1 aliphatic rings. The predicted molar refractivity (Wildman–Crippen MR) is 68.1 cm³/mol. The van der Waals surface area contributed by atoms with Crippen molar-refractivity contribution < 1.29 is 0 Å². The molecule has 0 radical (unpaired) electrons. The third kappa shape index (κ3) is 1.64. The summed E-state index contributed by atoms with van der Waals surface area (Å²) in [5, 5.41) is 0. The molecule has 1 nitrogen and oxygen atoms in total. The maximum atomic E-state index is 6.36. The molecule has 15 heavy (non-hydrogen) atoms. The highest BCUT2D eigenvalue weighted by atomic mass is 79.9. The van der Waals surface area contributed by atoms with Crippen molar-refractivity contribution in [3.63, 3.8) is 0 Å². The van der Waals surface area contributed by atoms with Crippen LogP contribution in [-0.2, 0) is 5.41 Å². The van der Waals surface area contributed by atoms with Gasteiger partial charge in [-0.05, 0) is 37.0 Å². The Hall–Kier alpha value is -0.340. The van der Waals surface area contributed by atoms with Crippen LogP contribution < -0.4 is 5.73 Å². The van der Waals surface area contributed by atoms with Gasteiger partial charge in [-0.3, -0.25) is 0 Å². The van der Waals surface area contributed by atoms with Gasteiger partial charge in [-0.1, -0.05) is 41.9 Å². The number of hydrogen-bond acceptors (Lipinski definition) is 1. The topological polar surface area (TPSA) is 26.0 Å². The number of nitrogens with two attached hydrogens (primary N) is 1. The highest BCUT2D eigenvalue weighted by Crippen LogP contribution is 2.50. The summed E-state index contributed by atoms with van der Waals surface area (Å²) in [7, 11) is 0. The van der Waals surface area contributed by atoms with Crippen molar-refractivity contribution >= 4 is 15.9 Å². The summed E-state index contributed by atoms with van der Waals surface area (Å²) in [6.07, 6.45) is 2.29. The molecule has 0 spiro atoms. The second kappa shape index (κ2) is 3.33. The smallest absolute Gasteiger partial charge is 0.0248 e. The SMILES string of the molecule is Cc1c(Br)cccc1C(C)(C)C1(N)CC1. The zero-order valence-electron chi connectivity index (χ0n) is 9.60. The first-order valence-electron chi connectivity index (χ1n) is 5.43. The Kier molecular flexibility index (Phi) is 2.47. The molecule has 0 aromatic heterocycles. The largest absolute Gasteiger partial charge is 0.324 e. The fraction of sp³-hybridized carbons (Fsp3) is 0.538. The maximum Gasteiger partial charge on any atom is 0.0248 e. The van der Waals surface area contributed by atoms with Crippen molar-refractivity contribution in [1.82, 2.24) is 0 Å². The van der Waals surface area contributed by atoms with Gasteiger partial charge in [-0.2, -0.15) is 0 Å². The molecule has 0 aliphatic heterocycles. The minimum Gasteiger partial charge on any atom is -0.324 e. The van der Waals surface area contributed by atoms with E-state index >= 15 is 0 Å². The second-order valence-electron chi connectivity index (χ2n) is 5.19. The maximum absolute atomic E-state index is 6.36. The molecule has 1 aromatic carbocycles. The summed E-state index contributed by atoms with van der Waals surface area (Å²) in [4.78, 5) is 0. The first-order valence-corrected chi connectivity index (χ1v) is 6.22.